The van der Waals surface area contributed by atoms with Crippen LogP contribution in [-0.2, 0) is 6.18 Å². The maximum atomic E-state index is 12.8. The standard InChI is InChI=1S/C14H19F3N4/c15-14(16,17)10-9-11(20-12(18)19-10)21-7-5-13(6-8-21)3-1-2-4-13/h9H,1-8H2,(H2,18,19,20). The average molecular weight is 300 g/mol. The van der Waals surface area contributed by atoms with Crippen molar-refractivity contribution < 1.29 is 13.2 Å². The van der Waals surface area contributed by atoms with Gasteiger partial charge >= 0.3 is 6.18 Å². The molecule has 116 valence electrons. The summed E-state index contributed by atoms with van der Waals surface area (Å²) in [5.41, 5.74) is 4.88. The van der Waals surface area contributed by atoms with Crippen molar-refractivity contribution in [2.75, 3.05) is 23.7 Å². The molecular weight excluding hydrogens is 281 g/mol. The van der Waals surface area contributed by atoms with Gasteiger partial charge < -0.3 is 10.6 Å². The van der Waals surface area contributed by atoms with Gasteiger partial charge in [0.1, 0.15) is 5.82 Å². The predicted octanol–water partition coefficient (Wildman–Crippen LogP) is 3.24. The lowest BCUT2D eigenvalue weighted by Gasteiger charge is -2.40. The van der Waals surface area contributed by atoms with Crippen molar-refractivity contribution in [1.82, 2.24) is 9.97 Å². The van der Waals surface area contributed by atoms with Gasteiger partial charge in [-0.15, -0.1) is 0 Å². The summed E-state index contributed by atoms with van der Waals surface area (Å²) in [4.78, 5) is 9.16. The summed E-state index contributed by atoms with van der Waals surface area (Å²) in [5.74, 6) is -0.0244. The second-order valence-corrected chi connectivity index (χ2v) is 6.16. The zero-order valence-electron chi connectivity index (χ0n) is 11.8. The second kappa shape index (κ2) is 5.03. The summed E-state index contributed by atoms with van der Waals surface area (Å²) in [6.45, 7) is 1.49. The summed E-state index contributed by atoms with van der Waals surface area (Å²) >= 11 is 0. The van der Waals surface area contributed by atoms with Gasteiger partial charge in [0.05, 0.1) is 0 Å². The van der Waals surface area contributed by atoms with Crippen LogP contribution in [0.3, 0.4) is 0 Å². The van der Waals surface area contributed by atoms with Crippen LogP contribution in [-0.4, -0.2) is 23.1 Å². The highest BCUT2D eigenvalue weighted by Gasteiger charge is 2.38. The highest BCUT2D eigenvalue weighted by atomic mass is 19.4. The summed E-state index contributed by atoms with van der Waals surface area (Å²) in [6, 6.07) is 1.00. The Morgan fingerprint density at radius 2 is 1.67 bits per heavy atom. The Kier molecular flexibility index (Phi) is 3.45. The van der Waals surface area contributed by atoms with Crippen LogP contribution in [0.5, 0.6) is 0 Å². The molecule has 1 aromatic heterocycles. The van der Waals surface area contributed by atoms with E-state index in [0.717, 1.165) is 32.0 Å². The van der Waals surface area contributed by atoms with E-state index in [-0.39, 0.29) is 5.95 Å². The fraction of sp³-hybridized carbons (Fsp3) is 0.714. The largest absolute Gasteiger partial charge is 0.433 e. The van der Waals surface area contributed by atoms with Crippen molar-refractivity contribution in [2.45, 2.75) is 44.7 Å². The molecule has 1 aliphatic heterocycles. The predicted molar refractivity (Wildman–Crippen MR) is 73.8 cm³/mol. The fourth-order valence-corrected chi connectivity index (χ4v) is 3.59. The number of halogens is 3. The molecule has 1 saturated heterocycles. The number of rotatable bonds is 1. The molecular formula is C14H19F3N4. The Bertz CT molecular complexity index is 513. The van der Waals surface area contributed by atoms with Crippen LogP contribution >= 0.6 is 0 Å². The van der Waals surface area contributed by atoms with Gasteiger partial charge in [-0.3, -0.25) is 0 Å². The van der Waals surface area contributed by atoms with E-state index >= 15 is 0 Å². The van der Waals surface area contributed by atoms with Crippen LogP contribution in [0.2, 0.25) is 0 Å². The molecule has 2 fully saturated rings. The molecule has 2 N–H and O–H groups in total. The molecule has 0 unspecified atom stereocenters. The smallest absolute Gasteiger partial charge is 0.368 e. The number of nitrogens with two attached hydrogens (primary N) is 1. The summed E-state index contributed by atoms with van der Waals surface area (Å²) in [6.07, 6.45) is 2.61. The molecule has 0 amide bonds. The topological polar surface area (TPSA) is 55.0 Å². The Hall–Kier alpha value is -1.53. The van der Waals surface area contributed by atoms with E-state index in [2.05, 4.69) is 9.97 Å². The molecule has 7 heteroatoms. The van der Waals surface area contributed by atoms with Crippen LogP contribution in [0, 0.1) is 5.41 Å². The van der Waals surface area contributed by atoms with E-state index in [4.69, 9.17) is 5.73 Å². The lowest BCUT2D eigenvalue weighted by atomic mass is 9.77. The highest BCUT2D eigenvalue weighted by Crippen LogP contribution is 2.46. The lowest BCUT2D eigenvalue weighted by molar-refractivity contribution is -0.141. The molecule has 0 atom stereocenters. The molecule has 0 aromatic carbocycles. The summed E-state index contributed by atoms with van der Waals surface area (Å²) in [5, 5.41) is 0. The van der Waals surface area contributed by atoms with E-state index in [0.29, 0.717) is 11.2 Å². The zero-order chi connectivity index (χ0) is 15.1. The number of nitrogen functional groups attached to an aromatic ring is 1. The summed E-state index contributed by atoms with van der Waals surface area (Å²) in [7, 11) is 0. The fourth-order valence-electron chi connectivity index (χ4n) is 3.59. The van der Waals surface area contributed by atoms with E-state index in [1.165, 1.54) is 25.7 Å². The van der Waals surface area contributed by atoms with Gasteiger partial charge in [0.2, 0.25) is 5.95 Å². The molecule has 0 radical (unpaired) electrons. The van der Waals surface area contributed by atoms with Gasteiger partial charge in [-0.2, -0.15) is 18.2 Å². The first kappa shape index (κ1) is 14.4. The van der Waals surface area contributed by atoms with E-state index in [1.54, 1.807) is 0 Å². The number of alkyl halides is 3. The van der Waals surface area contributed by atoms with Crippen molar-refractivity contribution in [2.24, 2.45) is 5.41 Å². The maximum Gasteiger partial charge on any atom is 0.433 e. The number of hydrogen-bond acceptors (Lipinski definition) is 4. The molecule has 1 aromatic rings. The average Bonchev–Trinajstić information content (AvgIpc) is 2.86. The number of aromatic nitrogens is 2. The third-order valence-corrected chi connectivity index (χ3v) is 4.83. The monoisotopic (exact) mass is 300 g/mol. The summed E-state index contributed by atoms with van der Waals surface area (Å²) < 4.78 is 38.4. The molecule has 2 aliphatic rings. The van der Waals surface area contributed by atoms with Crippen LogP contribution in [0.4, 0.5) is 24.9 Å². The second-order valence-electron chi connectivity index (χ2n) is 6.16. The maximum absolute atomic E-state index is 12.8. The first-order valence-electron chi connectivity index (χ1n) is 7.35. The van der Waals surface area contributed by atoms with Gasteiger partial charge in [0.15, 0.2) is 5.69 Å². The normalized spacial score (nSPS) is 22.0. The number of hydrogen-bond donors (Lipinski definition) is 1. The number of nitrogens with zero attached hydrogens (tertiary/aromatic N) is 3. The van der Waals surface area contributed by atoms with Crippen LogP contribution in [0.15, 0.2) is 6.07 Å². The van der Waals surface area contributed by atoms with Gasteiger partial charge in [0, 0.05) is 19.2 Å². The van der Waals surface area contributed by atoms with E-state index in [1.807, 2.05) is 4.90 Å². The minimum Gasteiger partial charge on any atom is -0.368 e. The first-order chi connectivity index (χ1) is 9.88. The number of anilines is 2. The molecule has 21 heavy (non-hydrogen) atoms. The minimum absolute atomic E-state index is 0.294. The molecule has 1 spiro atoms. The third-order valence-electron chi connectivity index (χ3n) is 4.83. The molecule has 4 nitrogen and oxygen atoms in total. The highest BCUT2D eigenvalue weighted by molar-refractivity contribution is 5.44. The Morgan fingerprint density at radius 1 is 1.05 bits per heavy atom. The van der Waals surface area contributed by atoms with Crippen molar-refractivity contribution in [3.05, 3.63) is 11.8 Å². The Labute approximate surface area is 121 Å². The van der Waals surface area contributed by atoms with Gasteiger partial charge in [-0.25, -0.2) is 4.98 Å². The van der Waals surface area contributed by atoms with Crippen molar-refractivity contribution in [1.29, 1.82) is 0 Å². The quantitative estimate of drug-likeness (QED) is 0.865. The van der Waals surface area contributed by atoms with E-state index in [9.17, 15) is 13.2 Å². The van der Waals surface area contributed by atoms with Gasteiger partial charge in [0.25, 0.3) is 0 Å². The molecule has 1 aliphatic carbocycles. The SMILES string of the molecule is Nc1nc(N2CCC3(CCCC3)CC2)cc(C(F)(F)F)n1. The van der Waals surface area contributed by atoms with Crippen molar-refractivity contribution in [3.63, 3.8) is 0 Å². The van der Waals surface area contributed by atoms with Crippen LogP contribution < -0.4 is 10.6 Å². The molecule has 0 bridgehead atoms. The first-order valence-corrected chi connectivity index (χ1v) is 7.35. The van der Waals surface area contributed by atoms with Crippen LogP contribution in [0.1, 0.15) is 44.2 Å². The number of piperidine rings is 1. The van der Waals surface area contributed by atoms with Crippen LogP contribution in [0.25, 0.3) is 0 Å². The van der Waals surface area contributed by atoms with Crippen molar-refractivity contribution in [3.8, 4) is 0 Å². The Morgan fingerprint density at radius 3 is 2.24 bits per heavy atom. The van der Waals surface area contributed by atoms with Gasteiger partial charge in [-0.1, -0.05) is 12.8 Å². The molecule has 1 saturated carbocycles. The van der Waals surface area contributed by atoms with Crippen molar-refractivity contribution >= 4 is 11.8 Å². The Balaban J connectivity index is 1.77. The molecule has 3 rings (SSSR count). The minimum atomic E-state index is -4.49. The lowest BCUT2D eigenvalue weighted by Crippen LogP contribution is -2.39. The van der Waals surface area contributed by atoms with E-state index < -0.39 is 11.9 Å². The molecule has 2 heterocycles. The third kappa shape index (κ3) is 2.91. The zero-order valence-corrected chi connectivity index (χ0v) is 11.8. The van der Waals surface area contributed by atoms with Gasteiger partial charge in [-0.05, 0) is 31.1 Å².